The molecule has 0 saturated heterocycles. The maximum Gasteiger partial charge on any atom is 0.270 e. The number of rotatable bonds is 5. The van der Waals surface area contributed by atoms with Crippen LogP contribution < -0.4 is 5.32 Å². The lowest BCUT2D eigenvalue weighted by Gasteiger charge is -2.07. The molecule has 3 rings (SSSR count). The molecule has 0 bridgehead atoms. The number of carbonyl (C=O) groups excluding carboxylic acids is 1. The Bertz CT molecular complexity index is 907. The largest absolute Gasteiger partial charge is 0.508 e. The predicted molar refractivity (Wildman–Crippen MR) is 85.7 cm³/mol. The van der Waals surface area contributed by atoms with E-state index in [4.69, 9.17) is 4.42 Å². The second-order valence-corrected chi connectivity index (χ2v) is 5.07. The average molecular weight is 340 g/mol. The third-order valence-electron chi connectivity index (χ3n) is 3.47. The Kier molecular flexibility index (Phi) is 4.38. The highest BCUT2D eigenvalue weighted by atomic mass is 16.6. The second kappa shape index (κ2) is 6.79. The van der Waals surface area contributed by atoms with Gasteiger partial charge in [0.05, 0.1) is 4.92 Å². The highest BCUT2D eigenvalue weighted by molar-refractivity contribution is 5.94. The molecule has 3 aromatic rings. The van der Waals surface area contributed by atoms with Crippen molar-refractivity contribution in [1.82, 2.24) is 15.5 Å². The Morgan fingerprint density at radius 1 is 1.24 bits per heavy atom. The molecule has 9 nitrogen and oxygen atoms in total. The zero-order chi connectivity index (χ0) is 17.8. The minimum Gasteiger partial charge on any atom is -0.508 e. The van der Waals surface area contributed by atoms with Crippen LogP contribution in [0.15, 0.2) is 53.3 Å². The van der Waals surface area contributed by atoms with Gasteiger partial charge in [-0.15, -0.1) is 10.2 Å². The number of phenolic OH excluding ortho intramolecular Hbond substituents is 1. The number of aromatic nitrogens is 2. The summed E-state index contributed by atoms with van der Waals surface area (Å²) in [5.41, 5.74) is 1.15. The smallest absolute Gasteiger partial charge is 0.270 e. The van der Waals surface area contributed by atoms with Crippen LogP contribution in [0.2, 0.25) is 0 Å². The number of aromatic hydroxyl groups is 1. The summed E-state index contributed by atoms with van der Waals surface area (Å²) in [7, 11) is 0. The Morgan fingerprint density at radius 3 is 2.64 bits per heavy atom. The molecule has 0 spiro atoms. The normalized spacial score (nSPS) is 10.4. The fourth-order valence-corrected chi connectivity index (χ4v) is 2.17. The molecule has 2 aromatic carbocycles. The van der Waals surface area contributed by atoms with E-state index in [1.54, 1.807) is 24.3 Å². The number of amides is 1. The van der Waals surface area contributed by atoms with Gasteiger partial charge in [-0.05, 0) is 30.3 Å². The van der Waals surface area contributed by atoms with Gasteiger partial charge >= 0.3 is 0 Å². The van der Waals surface area contributed by atoms with E-state index in [1.807, 2.05) is 0 Å². The van der Waals surface area contributed by atoms with Gasteiger partial charge in [0.15, 0.2) is 0 Å². The number of phenols is 1. The van der Waals surface area contributed by atoms with Crippen LogP contribution >= 0.6 is 0 Å². The maximum atomic E-state index is 12.2. The minimum atomic E-state index is -0.568. The fourth-order valence-electron chi connectivity index (χ4n) is 2.17. The molecule has 1 aromatic heterocycles. The summed E-state index contributed by atoms with van der Waals surface area (Å²) in [6.45, 7) is -0.0439. The lowest BCUT2D eigenvalue weighted by molar-refractivity contribution is -0.384. The van der Waals surface area contributed by atoms with Crippen LogP contribution in [0.1, 0.15) is 15.9 Å². The van der Waals surface area contributed by atoms with E-state index in [2.05, 4.69) is 15.5 Å². The highest BCUT2D eigenvalue weighted by Crippen LogP contribution is 2.23. The SMILES string of the molecule is O=C(NCc1cc([N+](=O)[O-])ccc1O)c1ccc(-c2nnco2)cc1. The zero-order valence-electron chi connectivity index (χ0n) is 12.7. The molecule has 0 aliphatic heterocycles. The first-order valence-electron chi connectivity index (χ1n) is 7.15. The summed E-state index contributed by atoms with van der Waals surface area (Å²) >= 11 is 0. The monoisotopic (exact) mass is 340 g/mol. The van der Waals surface area contributed by atoms with Crippen LogP contribution in [0.4, 0.5) is 5.69 Å². The van der Waals surface area contributed by atoms with Gasteiger partial charge in [-0.2, -0.15) is 0 Å². The maximum absolute atomic E-state index is 12.2. The van der Waals surface area contributed by atoms with Crippen molar-refractivity contribution in [3.05, 3.63) is 70.1 Å². The number of nitrogens with zero attached hydrogens (tertiary/aromatic N) is 3. The van der Waals surface area contributed by atoms with Gasteiger partial charge in [0.2, 0.25) is 12.3 Å². The molecular weight excluding hydrogens is 328 g/mol. The third-order valence-corrected chi connectivity index (χ3v) is 3.47. The van der Waals surface area contributed by atoms with Gasteiger partial charge in [0.25, 0.3) is 11.6 Å². The molecule has 25 heavy (non-hydrogen) atoms. The van der Waals surface area contributed by atoms with Crippen LogP contribution in [-0.2, 0) is 6.54 Å². The van der Waals surface area contributed by atoms with Gasteiger partial charge in [0, 0.05) is 35.4 Å². The van der Waals surface area contributed by atoms with Crippen molar-refractivity contribution < 1.29 is 19.2 Å². The van der Waals surface area contributed by atoms with Crippen LogP contribution in [0, 0.1) is 10.1 Å². The van der Waals surface area contributed by atoms with E-state index < -0.39 is 4.92 Å². The molecule has 126 valence electrons. The van der Waals surface area contributed by atoms with E-state index in [0.29, 0.717) is 17.0 Å². The van der Waals surface area contributed by atoms with Crippen molar-refractivity contribution in [2.75, 3.05) is 0 Å². The van der Waals surface area contributed by atoms with Gasteiger partial charge in [-0.3, -0.25) is 14.9 Å². The van der Waals surface area contributed by atoms with E-state index in [-0.39, 0.29) is 29.5 Å². The van der Waals surface area contributed by atoms with Crippen LogP contribution in [0.3, 0.4) is 0 Å². The number of nitrogens with one attached hydrogen (secondary N) is 1. The minimum absolute atomic E-state index is 0.0439. The lowest BCUT2D eigenvalue weighted by atomic mass is 10.1. The van der Waals surface area contributed by atoms with Crippen molar-refractivity contribution in [2.45, 2.75) is 6.54 Å². The molecule has 0 aliphatic carbocycles. The summed E-state index contributed by atoms with van der Waals surface area (Å²) in [6.07, 6.45) is 1.21. The molecular formula is C16H12N4O5. The number of benzene rings is 2. The third kappa shape index (κ3) is 3.61. The predicted octanol–water partition coefficient (Wildman–Crippen LogP) is 2.28. The summed E-state index contributed by atoms with van der Waals surface area (Å²) in [6, 6.07) is 10.1. The number of hydrogen-bond donors (Lipinski definition) is 2. The summed E-state index contributed by atoms with van der Waals surface area (Å²) < 4.78 is 5.06. The first-order chi connectivity index (χ1) is 12.0. The molecule has 9 heteroatoms. The fraction of sp³-hybridized carbons (Fsp3) is 0.0625. The summed E-state index contributed by atoms with van der Waals surface area (Å²) in [4.78, 5) is 22.4. The molecule has 1 amide bonds. The molecule has 0 unspecified atom stereocenters. The Labute approximate surface area is 141 Å². The van der Waals surface area contributed by atoms with E-state index in [0.717, 1.165) is 0 Å². The molecule has 0 fully saturated rings. The van der Waals surface area contributed by atoms with Crippen molar-refractivity contribution >= 4 is 11.6 Å². The molecule has 0 aliphatic rings. The molecule has 0 atom stereocenters. The highest BCUT2D eigenvalue weighted by Gasteiger charge is 2.12. The van der Waals surface area contributed by atoms with Crippen molar-refractivity contribution in [1.29, 1.82) is 0 Å². The Balaban J connectivity index is 1.69. The summed E-state index contributed by atoms with van der Waals surface area (Å²) in [5.74, 6) is -0.172. The number of nitro groups is 1. The molecule has 0 saturated carbocycles. The van der Waals surface area contributed by atoms with E-state index in [9.17, 15) is 20.0 Å². The topological polar surface area (TPSA) is 131 Å². The van der Waals surface area contributed by atoms with Crippen LogP contribution in [-0.4, -0.2) is 26.1 Å². The van der Waals surface area contributed by atoms with Crippen LogP contribution in [0.5, 0.6) is 5.75 Å². The number of carbonyl (C=O) groups is 1. The molecule has 0 radical (unpaired) electrons. The zero-order valence-corrected chi connectivity index (χ0v) is 12.7. The summed E-state index contributed by atoms with van der Waals surface area (Å²) in [5, 5.41) is 30.5. The first kappa shape index (κ1) is 16.1. The van der Waals surface area contributed by atoms with Gasteiger partial charge in [-0.1, -0.05) is 0 Å². The lowest BCUT2D eigenvalue weighted by Crippen LogP contribution is -2.22. The van der Waals surface area contributed by atoms with Crippen molar-refractivity contribution in [2.24, 2.45) is 0 Å². The number of nitro benzene ring substituents is 1. The Morgan fingerprint density at radius 2 is 2.00 bits per heavy atom. The van der Waals surface area contributed by atoms with Gasteiger partial charge < -0.3 is 14.8 Å². The van der Waals surface area contributed by atoms with Gasteiger partial charge in [-0.25, -0.2) is 0 Å². The molecule has 2 N–H and O–H groups in total. The standard InChI is InChI=1S/C16H12N4O5/c21-14-6-5-13(20(23)24)7-12(14)8-17-15(22)10-1-3-11(4-2-10)16-19-18-9-25-16/h1-7,9,21H,8H2,(H,17,22). The quantitative estimate of drug-likeness (QED) is 0.538. The number of non-ortho nitro benzene ring substituents is 1. The molecule has 1 heterocycles. The Hall–Kier alpha value is -3.75. The van der Waals surface area contributed by atoms with Gasteiger partial charge in [0.1, 0.15) is 5.75 Å². The average Bonchev–Trinajstić information content (AvgIpc) is 3.15. The van der Waals surface area contributed by atoms with Crippen molar-refractivity contribution in [3.63, 3.8) is 0 Å². The van der Waals surface area contributed by atoms with Crippen molar-refractivity contribution in [3.8, 4) is 17.2 Å². The van der Waals surface area contributed by atoms with E-state index >= 15 is 0 Å². The van der Waals surface area contributed by atoms with Crippen LogP contribution in [0.25, 0.3) is 11.5 Å². The second-order valence-electron chi connectivity index (χ2n) is 5.07. The number of hydrogen-bond acceptors (Lipinski definition) is 7. The van der Waals surface area contributed by atoms with E-state index in [1.165, 1.54) is 24.6 Å². The first-order valence-corrected chi connectivity index (χ1v) is 7.15.